The van der Waals surface area contributed by atoms with Gasteiger partial charge in [-0.25, -0.2) is 0 Å². The highest BCUT2D eigenvalue weighted by molar-refractivity contribution is 7.80. The van der Waals surface area contributed by atoms with Crippen LogP contribution in [-0.2, 0) is 19.3 Å². The average Bonchev–Trinajstić information content (AvgIpc) is 2.58. The molecule has 0 unspecified atom stereocenters. The van der Waals surface area contributed by atoms with E-state index >= 15 is 0 Å². The van der Waals surface area contributed by atoms with Crippen molar-refractivity contribution in [2.45, 2.75) is 38.5 Å². The minimum atomic E-state index is 1.02. The molecule has 0 radical (unpaired) electrons. The van der Waals surface area contributed by atoms with Crippen molar-refractivity contribution < 1.29 is 0 Å². The summed E-state index contributed by atoms with van der Waals surface area (Å²) in [5.41, 5.74) is 3.31. The van der Waals surface area contributed by atoms with E-state index in [1.54, 1.807) is 16.0 Å². The monoisotopic (exact) mass is 212 g/mol. The summed E-state index contributed by atoms with van der Waals surface area (Å²) >= 11 is 6.24. The van der Waals surface area contributed by atoms with E-state index in [4.69, 9.17) is 0 Å². The maximum atomic E-state index is 4.26. The van der Waals surface area contributed by atoms with E-state index < -0.39 is 0 Å². The molecular weight excluding hydrogens is 196 g/mol. The van der Waals surface area contributed by atoms with Crippen LogP contribution >= 0.6 is 24.0 Å². The van der Waals surface area contributed by atoms with Crippen LogP contribution in [0.3, 0.4) is 0 Å². The molecular formula is C11H16S2. The predicted octanol–water partition coefficient (Wildman–Crippen LogP) is 3.49. The van der Waals surface area contributed by atoms with Gasteiger partial charge in [-0.3, -0.25) is 0 Å². The Hall–Kier alpha value is 0.0500. The van der Waals surface area contributed by atoms with Crippen LogP contribution in [0.4, 0.5) is 0 Å². The molecule has 0 amide bonds. The fraction of sp³-hybridized carbons (Fsp3) is 0.636. The van der Waals surface area contributed by atoms with Gasteiger partial charge in [-0.1, -0.05) is 0 Å². The van der Waals surface area contributed by atoms with Gasteiger partial charge in [-0.2, -0.15) is 12.6 Å². The van der Waals surface area contributed by atoms with Crippen molar-refractivity contribution in [1.82, 2.24) is 0 Å². The Balaban J connectivity index is 2.12. The number of hydrogen-bond acceptors (Lipinski definition) is 2. The van der Waals surface area contributed by atoms with Gasteiger partial charge in [-0.05, 0) is 60.8 Å². The summed E-state index contributed by atoms with van der Waals surface area (Å²) in [5.74, 6) is 1.02. The fourth-order valence-electron chi connectivity index (χ4n) is 2.04. The lowest BCUT2D eigenvalue weighted by Crippen LogP contribution is -2.01. The Kier molecular flexibility index (Phi) is 3.33. The normalized spacial score (nSPS) is 15.8. The van der Waals surface area contributed by atoms with Gasteiger partial charge < -0.3 is 0 Å². The summed E-state index contributed by atoms with van der Waals surface area (Å²) < 4.78 is 0. The van der Waals surface area contributed by atoms with E-state index in [-0.39, 0.29) is 0 Å². The highest BCUT2D eigenvalue weighted by Gasteiger charge is 2.14. The predicted molar refractivity (Wildman–Crippen MR) is 63.1 cm³/mol. The van der Waals surface area contributed by atoms with E-state index in [0.29, 0.717) is 0 Å². The van der Waals surface area contributed by atoms with Crippen molar-refractivity contribution in [1.29, 1.82) is 0 Å². The lowest BCUT2D eigenvalue weighted by molar-refractivity contribution is 0.689. The molecule has 0 aromatic carbocycles. The first-order chi connectivity index (χ1) is 6.42. The number of aryl methyl sites for hydroxylation is 2. The molecule has 0 saturated carbocycles. The first-order valence-electron chi connectivity index (χ1n) is 5.11. The minimum absolute atomic E-state index is 1.02. The zero-order valence-corrected chi connectivity index (χ0v) is 9.59. The van der Waals surface area contributed by atoms with Gasteiger partial charge in [-0.15, -0.1) is 11.3 Å². The van der Waals surface area contributed by atoms with Crippen LogP contribution in [0.5, 0.6) is 0 Å². The van der Waals surface area contributed by atoms with Gasteiger partial charge in [0.05, 0.1) is 0 Å². The van der Waals surface area contributed by atoms with Gasteiger partial charge in [0.2, 0.25) is 0 Å². The topological polar surface area (TPSA) is 0 Å². The highest BCUT2D eigenvalue weighted by atomic mass is 32.1. The minimum Gasteiger partial charge on any atom is -0.179 e. The van der Waals surface area contributed by atoms with Crippen LogP contribution in [0.25, 0.3) is 0 Å². The highest BCUT2D eigenvalue weighted by Crippen LogP contribution is 2.30. The van der Waals surface area contributed by atoms with Crippen molar-refractivity contribution in [3.05, 3.63) is 21.4 Å². The summed E-state index contributed by atoms with van der Waals surface area (Å²) in [6, 6.07) is 0. The van der Waals surface area contributed by atoms with Crippen molar-refractivity contribution in [2.24, 2.45) is 0 Å². The van der Waals surface area contributed by atoms with E-state index in [2.05, 4.69) is 18.0 Å². The molecule has 2 rings (SSSR count). The molecule has 1 aromatic heterocycles. The molecule has 13 heavy (non-hydrogen) atoms. The first-order valence-corrected chi connectivity index (χ1v) is 6.62. The Bertz CT molecular complexity index is 276. The van der Waals surface area contributed by atoms with Crippen molar-refractivity contribution in [3.8, 4) is 0 Å². The molecule has 0 fully saturated rings. The van der Waals surface area contributed by atoms with Crippen LogP contribution in [0, 0.1) is 0 Å². The van der Waals surface area contributed by atoms with Gasteiger partial charge >= 0.3 is 0 Å². The Morgan fingerprint density at radius 1 is 1.31 bits per heavy atom. The number of hydrogen-bond donors (Lipinski definition) is 1. The molecule has 0 bridgehead atoms. The SMILES string of the molecule is SCCCc1csc2c1CCCC2. The molecule has 1 aliphatic rings. The molecule has 0 N–H and O–H groups in total. The number of fused-ring (bicyclic) bond motifs is 1. The largest absolute Gasteiger partial charge is 0.179 e. The van der Waals surface area contributed by atoms with Crippen molar-refractivity contribution in [2.75, 3.05) is 5.75 Å². The third-order valence-electron chi connectivity index (χ3n) is 2.75. The van der Waals surface area contributed by atoms with Crippen LogP contribution < -0.4 is 0 Å². The molecule has 1 aliphatic carbocycles. The van der Waals surface area contributed by atoms with Crippen molar-refractivity contribution in [3.63, 3.8) is 0 Å². The second-order valence-corrected chi connectivity index (χ2v) is 5.11. The van der Waals surface area contributed by atoms with Gasteiger partial charge in [0.15, 0.2) is 0 Å². The van der Waals surface area contributed by atoms with Crippen LogP contribution in [0.2, 0.25) is 0 Å². The van der Waals surface area contributed by atoms with Gasteiger partial charge in [0, 0.05) is 4.88 Å². The molecule has 0 spiro atoms. The van der Waals surface area contributed by atoms with Crippen LogP contribution in [0.15, 0.2) is 5.38 Å². The van der Waals surface area contributed by atoms with E-state index in [1.807, 2.05) is 11.3 Å². The first kappa shape index (κ1) is 9.60. The molecule has 0 atom stereocenters. The Morgan fingerprint density at radius 2 is 2.15 bits per heavy atom. The molecule has 1 heterocycles. The molecule has 0 nitrogen and oxygen atoms in total. The van der Waals surface area contributed by atoms with E-state index in [9.17, 15) is 0 Å². The van der Waals surface area contributed by atoms with E-state index in [0.717, 1.165) is 5.75 Å². The average molecular weight is 212 g/mol. The molecule has 1 aromatic rings. The molecule has 0 aliphatic heterocycles. The maximum Gasteiger partial charge on any atom is 0.00800 e. The number of thiophene rings is 1. The van der Waals surface area contributed by atoms with Crippen LogP contribution in [0.1, 0.15) is 35.3 Å². The zero-order valence-electron chi connectivity index (χ0n) is 7.88. The zero-order chi connectivity index (χ0) is 9.10. The lowest BCUT2D eigenvalue weighted by atomic mass is 9.94. The summed E-state index contributed by atoms with van der Waals surface area (Å²) in [7, 11) is 0. The Labute approximate surface area is 89.8 Å². The van der Waals surface area contributed by atoms with Gasteiger partial charge in [0.25, 0.3) is 0 Å². The molecule has 72 valence electrons. The smallest absolute Gasteiger partial charge is 0.00800 e. The third-order valence-corrected chi connectivity index (χ3v) is 4.21. The summed E-state index contributed by atoms with van der Waals surface area (Å²) in [4.78, 5) is 1.67. The molecule has 2 heteroatoms. The van der Waals surface area contributed by atoms with Gasteiger partial charge in [0.1, 0.15) is 0 Å². The second-order valence-electron chi connectivity index (χ2n) is 3.70. The molecule has 0 saturated heterocycles. The Morgan fingerprint density at radius 3 is 3.00 bits per heavy atom. The summed E-state index contributed by atoms with van der Waals surface area (Å²) in [6.07, 6.45) is 7.94. The lowest BCUT2D eigenvalue weighted by Gasteiger charge is -2.12. The number of thiol groups is 1. The number of rotatable bonds is 3. The third kappa shape index (κ3) is 2.10. The summed E-state index contributed by atoms with van der Waals surface area (Å²) in [5, 5.41) is 2.37. The van der Waals surface area contributed by atoms with E-state index in [1.165, 1.54) is 38.5 Å². The standard InChI is InChI=1S/C11H16S2/c12-7-3-4-9-8-13-11-6-2-1-5-10(9)11/h8,12H,1-7H2. The fourth-order valence-corrected chi connectivity index (χ4v) is 3.38. The quantitative estimate of drug-likeness (QED) is 0.729. The maximum absolute atomic E-state index is 4.26. The second kappa shape index (κ2) is 4.52. The van der Waals surface area contributed by atoms with Crippen molar-refractivity contribution >= 4 is 24.0 Å². The van der Waals surface area contributed by atoms with Crippen LogP contribution in [-0.4, -0.2) is 5.75 Å². The summed E-state index contributed by atoms with van der Waals surface area (Å²) in [6.45, 7) is 0.